The van der Waals surface area contributed by atoms with Crippen LogP contribution in [0.3, 0.4) is 0 Å². The van der Waals surface area contributed by atoms with Crippen LogP contribution in [0.4, 0.5) is 0 Å². The Morgan fingerprint density at radius 1 is 0.525 bits per heavy atom. The molecule has 0 saturated carbocycles. The molecule has 0 fully saturated rings. The van der Waals surface area contributed by atoms with Crippen LogP contribution >= 0.6 is 85.2 Å². The number of hydrogen-bond donors (Lipinski definition) is 0. The van der Waals surface area contributed by atoms with Crippen LogP contribution in [0.2, 0.25) is 63.1 Å². The summed E-state index contributed by atoms with van der Waals surface area (Å²) in [7, 11) is 13.8. The molecule has 3 rings (SSSR count). The third-order valence-corrected chi connectivity index (χ3v) is 28.2. The van der Waals surface area contributed by atoms with Gasteiger partial charge in [0.05, 0.1) is 56.8 Å². The molecule has 444 valence electrons. The molecule has 0 aromatic carbocycles. The minimum absolute atomic E-state index is 0. The van der Waals surface area contributed by atoms with Gasteiger partial charge < -0.3 is 81.8 Å². The van der Waals surface area contributed by atoms with Gasteiger partial charge in [0.15, 0.2) is 52.9 Å². The van der Waals surface area contributed by atoms with Gasteiger partial charge in [0.25, 0.3) is 0 Å². The molecule has 0 N–H and O–H groups in total. The first-order valence-corrected chi connectivity index (χ1v) is 38.7. The van der Waals surface area contributed by atoms with Crippen molar-refractivity contribution >= 4 is 165 Å². The smallest absolute Gasteiger partial charge is 0.378 e. The summed E-state index contributed by atoms with van der Waals surface area (Å²) in [6.45, 7) is 12.1. The molecule has 24 nitrogen and oxygen atoms in total. The zero-order valence-corrected chi connectivity index (χ0v) is 72.2. The van der Waals surface area contributed by atoms with Crippen molar-refractivity contribution in [1.29, 1.82) is 0 Å². The summed E-state index contributed by atoms with van der Waals surface area (Å²) in [6, 6.07) is 2.46. The van der Waals surface area contributed by atoms with E-state index in [9.17, 15) is 28.8 Å². The fourth-order valence-electron chi connectivity index (χ4n) is 7.12. The van der Waals surface area contributed by atoms with Crippen LogP contribution in [0.25, 0.3) is 0 Å². The van der Waals surface area contributed by atoms with Gasteiger partial charge in [-0.15, -0.1) is 0 Å². The summed E-state index contributed by atoms with van der Waals surface area (Å²) in [6.07, 6.45) is -2.50. The molecule has 3 heterocycles. The maximum atomic E-state index is 12.4. The Bertz CT molecular complexity index is 2020. The van der Waals surface area contributed by atoms with Gasteiger partial charge in [0.2, 0.25) is 26.3 Å². The maximum Gasteiger partial charge on any atom is 0.378 e. The van der Waals surface area contributed by atoms with E-state index in [2.05, 4.69) is 54.6 Å². The third-order valence-electron chi connectivity index (χ3n) is 10.9. The van der Waals surface area contributed by atoms with Crippen molar-refractivity contribution in [2.75, 3.05) is 26.9 Å². The largest absolute Gasteiger partial charge is 0.476 e. The average molecular weight is 1690 g/mol. The first-order valence-electron chi connectivity index (χ1n) is 22.9. The molecule has 0 aromatic heterocycles. The first-order chi connectivity index (χ1) is 36.1. The second-order valence-corrected chi connectivity index (χ2v) is 33.5. The van der Waals surface area contributed by atoms with E-state index in [1.54, 1.807) is 7.11 Å². The van der Waals surface area contributed by atoms with Crippen LogP contribution in [-0.4, -0.2) is 144 Å². The Labute approximate surface area is 598 Å². The van der Waals surface area contributed by atoms with Crippen LogP contribution in [0.5, 0.6) is 0 Å². The first kappa shape index (κ1) is 88.2. The zero-order valence-electron chi connectivity index (χ0n) is 45.5. The molecular weight excluding hydrogens is 1620 g/mol. The fraction of sp³-hybridized carbons (Fsp3) is 0.684. The average Bonchev–Trinajstić information content (AvgIpc) is 4.01. The third kappa shape index (κ3) is 31.3. The summed E-state index contributed by atoms with van der Waals surface area (Å²) in [4.78, 5) is 72.5. The fourth-order valence-corrected chi connectivity index (χ4v) is 22.8. The van der Waals surface area contributed by atoms with Crippen molar-refractivity contribution in [3.05, 3.63) is 34.6 Å². The molecule has 15 atom stereocenters. The summed E-state index contributed by atoms with van der Waals surface area (Å²) in [5.41, 5.74) is 1.15. The summed E-state index contributed by atoms with van der Waals surface area (Å²) < 4.78 is 95.5. The SMILES string of the molecule is CO[Si](C)C[Si](C)CCCC(=O)OCC(OP)[C@H]1OC(=O)C(OP)=C1OP.C[Si](CCCC(=O)OCC(OP)[C@H]1OC(=O)C(OP)=C1OP)O[Si](C)O[Si](C)(C)CCCC(=O)OCC(OP)[C@H]1OC(=O)C(OP)=C1OP.[Y].[Y].[Y].[Y]. The Hall–Kier alpha value is 3.97. The van der Waals surface area contributed by atoms with E-state index < -0.39 is 111 Å². The molecule has 0 aliphatic carbocycles. The monoisotopic (exact) mass is 1690 g/mol. The van der Waals surface area contributed by atoms with Crippen molar-refractivity contribution in [2.24, 2.45) is 0 Å². The molecule has 8 radical (unpaired) electrons. The van der Waals surface area contributed by atoms with Crippen LogP contribution in [0, 0.1) is 0 Å². The summed E-state index contributed by atoms with van der Waals surface area (Å²) >= 11 is 0. The van der Waals surface area contributed by atoms with Gasteiger partial charge in [-0.25, -0.2) is 14.4 Å². The van der Waals surface area contributed by atoms with Crippen molar-refractivity contribution in [3.63, 3.8) is 0 Å². The van der Waals surface area contributed by atoms with Crippen LogP contribution in [0.1, 0.15) is 38.5 Å². The Balaban J connectivity index is -0.00000163. The van der Waals surface area contributed by atoms with Gasteiger partial charge in [0.1, 0.15) is 38.1 Å². The second-order valence-electron chi connectivity index (χ2n) is 17.1. The number of hydrogen-bond acceptors (Lipinski definition) is 24. The standard InChI is InChI=1S/C24H44O16P6Si3.C14H27O8P3Si2.4Y/c1-47(9-5-7-15(25)29-11-13(33-41)17-19(35-43)21(37-45)23(27)31-17)39-48(2)40-49(3,4)10-6-8-16(26)30-12-14(34-42)18-20(36-44)22(38-46)24(28)32-18;1-17-27(3)8-26(2)6-4-5-10(15)18-7-9(20-23)11-12(21-24)13(22-25)14(16)19-11;;;;/h13-14,17-18H,5-12,41-46H2,1-4H3;9,11H,4-8,23-25H2,1-3H3;;;;/t13?,14?,17-,18-;9?,11-;;;;/m11..../s1. The quantitative estimate of drug-likeness (QED) is 0.0316. The number of esters is 6. The molecule has 12 unspecified atom stereocenters. The summed E-state index contributed by atoms with van der Waals surface area (Å²) in [5.74, 6) is -3.18. The normalized spacial score (nSPS) is 17.9. The van der Waals surface area contributed by atoms with E-state index in [4.69, 9.17) is 81.8 Å². The van der Waals surface area contributed by atoms with Crippen LogP contribution < -0.4 is 0 Å². The van der Waals surface area contributed by atoms with E-state index in [0.29, 0.717) is 31.4 Å². The van der Waals surface area contributed by atoms with Crippen molar-refractivity contribution < 1.29 is 241 Å². The van der Waals surface area contributed by atoms with Gasteiger partial charge in [-0.05, 0) is 69.8 Å². The van der Waals surface area contributed by atoms with Gasteiger partial charge in [-0.2, -0.15) is 0 Å². The van der Waals surface area contributed by atoms with Crippen molar-refractivity contribution in [2.45, 2.75) is 138 Å². The summed E-state index contributed by atoms with van der Waals surface area (Å²) in [5, 5.41) is 0. The number of ether oxygens (including phenoxy) is 6. The zero-order chi connectivity index (χ0) is 57.1. The molecular formula is C38H71O24P9Si5Y4. The van der Waals surface area contributed by atoms with Gasteiger partial charge >= 0.3 is 45.1 Å². The van der Waals surface area contributed by atoms with Crippen molar-refractivity contribution in [3.8, 4) is 0 Å². The van der Waals surface area contributed by atoms with E-state index in [1.807, 2.05) is 69.9 Å². The van der Waals surface area contributed by atoms with Crippen LogP contribution in [0.15, 0.2) is 34.6 Å². The Morgan fingerprint density at radius 3 is 1.18 bits per heavy atom. The minimum atomic E-state index is -2.15. The van der Waals surface area contributed by atoms with Gasteiger partial charge in [-0.1, -0.05) is 12.6 Å². The molecule has 0 amide bonds. The number of carbonyl (C=O) groups is 6. The Kier molecular flexibility index (Phi) is 53.7. The maximum absolute atomic E-state index is 12.4. The molecule has 42 heteroatoms. The van der Waals surface area contributed by atoms with E-state index in [0.717, 1.165) is 18.1 Å². The van der Waals surface area contributed by atoms with Gasteiger partial charge in [0, 0.05) is 194 Å². The molecule has 0 bridgehead atoms. The molecule has 0 spiro atoms. The molecule has 0 saturated heterocycles. The van der Waals surface area contributed by atoms with Crippen molar-refractivity contribution in [1.82, 2.24) is 0 Å². The topological polar surface area (TPSA) is 269 Å². The molecule has 0 aromatic rings. The number of cyclic esters (lactones) is 3. The van der Waals surface area contributed by atoms with E-state index >= 15 is 0 Å². The van der Waals surface area contributed by atoms with E-state index in [-0.39, 0.29) is 204 Å². The molecule has 3 aliphatic heterocycles. The van der Waals surface area contributed by atoms with Crippen LogP contribution in [-0.2, 0) is 241 Å². The van der Waals surface area contributed by atoms with Gasteiger partial charge in [-0.3, -0.25) is 14.4 Å². The molecule has 3 aliphatic rings. The molecule has 80 heavy (non-hydrogen) atoms. The predicted octanol–water partition coefficient (Wildman–Crippen LogP) is 5.62. The Morgan fingerprint density at radius 2 is 0.863 bits per heavy atom. The number of rotatable bonds is 37. The second kappa shape index (κ2) is 48.7. The minimum Gasteiger partial charge on any atom is -0.476 e. The predicted molar refractivity (Wildman–Crippen MR) is 312 cm³/mol. The number of carbonyl (C=O) groups excluding carboxylic acids is 6. The van der Waals surface area contributed by atoms with E-state index in [1.165, 1.54) is 0 Å².